The van der Waals surface area contributed by atoms with Crippen LogP contribution in [0.2, 0.25) is 0 Å². The summed E-state index contributed by atoms with van der Waals surface area (Å²) in [6.45, 7) is 2.80. The lowest BCUT2D eigenvalue weighted by atomic mass is 10.0. The van der Waals surface area contributed by atoms with E-state index in [-0.39, 0.29) is 0 Å². The molecule has 20 heavy (non-hydrogen) atoms. The Morgan fingerprint density at radius 3 is 3.15 bits per heavy atom. The molecule has 1 fully saturated rings. The molecule has 0 spiro atoms. The van der Waals surface area contributed by atoms with Gasteiger partial charge in [0.25, 0.3) is 5.89 Å². The van der Waals surface area contributed by atoms with Crippen LogP contribution in [0.3, 0.4) is 0 Å². The predicted molar refractivity (Wildman–Crippen MR) is 74.0 cm³/mol. The highest BCUT2D eigenvalue weighted by atomic mass is 16.4. The Bertz CT molecular complexity index is 521. The number of furan rings is 1. The Morgan fingerprint density at radius 2 is 2.35 bits per heavy atom. The highest BCUT2D eigenvalue weighted by Crippen LogP contribution is 2.21. The lowest BCUT2D eigenvalue weighted by Gasteiger charge is -2.34. The van der Waals surface area contributed by atoms with Crippen molar-refractivity contribution in [1.82, 2.24) is 20.4 Å². The van der Waals surface area contributed by atoms with E-state index in [2.05, 4.69) is 20.4 Å². The lowest BCUT2D eigenvalue weighted by Crippen LogP contribution is -2.44. The first-order valence-corrected chi connectivity index (χ1v) is 7.11. The molecule has 0 aromatic carbocycles. The third-order valence-electron chi connectivity index (χ3n) is 3.73. The molecular weight excluding hydrogens is 256 g/mol. The number of piperidine rings is 1. The molecule has 2 aromatic heterocycles. The minimum absolute atomic E-state index is 0.451. The van der Waals surface area contributed by atoms with Crippen LogP contribution >= 0.6 is 0 Å². The molecule has 0 saturated carbocycles. The average molecular weight is 276 g/mol. The monoisotopic (exact) mass is 276 g/mol. The van der Waals surface area contributed by atoms with Crippen molar-refractivity contribution >= 4 is 0 Å². The van der Waals surface area contributed by atoms with E-state index < -0.39 is 0 Å². The SMILES string of the molecule is CNCC1CCCCN1Cc1nnc(-c2ccco2)o1. The van der Waals surface area contributed by atoms with Crippen LogP contribution in [0.5, 0.6) is 0 Å². The van der Waals surface area contributed by atoms with E-state index in [0.29, 0.717) is 30.1 Å². The van der Waals surface area contributed by atoms with Crippen molar-refractivity contribution < 1.29 is 8.83 Å². The van der Waals surface area contributed by atoms with E-state index in [1.165, 1.54) is 19.3 Å². The summed E-state index contributed by atoms with van der Waals surface area (Å²) in [7, 11) is 1.99. The van der Waals surface area contributed by atoms with Gasteiger partial charge in [0.1, 0.15) is 0 Å². The number of nitrogens with one attached hydrogen (secondary N) is 1. The highest BCUT2D eigenvalue weighted by Gasteiger charge is 2.23. The van der Waals surface area contributed by atoms with Crippen molar-refractivity contribution in [1.29, 1.82) is 0 Å². The minimum atomic E-state index is 0.451. The molecule has 0 radical (unpaired) electrons. The van der Waals surface area contributed by atoms with Crippen molar-refractivity contribution in [2.45, 2.75) is 31.8 Å². The molecule has 2 aromatic rings. The smallest absolute Gasteiger partial charge is 0.283 e. The van der Waals surface area contributed by atoms with E-state index >= 15 is 0 Å². The lowest BCUT2D eigenvalue weighted by molar-refractivity contribution is 0.127. The van der Waals surface area contributed by atoms with Gasteiger partial charge in [0.2, 0.25) is 5.89 Å². The van der Waals surface area contributed by atoms with Crippen LogP contribution in [0.15, 0.2) is 27.2 Å². The van der Waals surface area contributed by atoms with E-state index in [9.17, 15) is 0 Å². The molecular formula is C14H20N4O2. The van der Waals surface area contributed by atoms with Gasteiger partial charge in [-0.15, -0.1) is 10.2 Å². The maximum Gasteiger partial charge on any atom is 0.283 e. The molecule has 108 valence electrons. The first kappa shape index (κ1) is 13.3. The zero-order valence-corrected chi connectivity index (χ0v) is 11.7. The van der Waals surface area contributed by atoms with Gasteiger partial charge < -0.3 is 14.2 Å². The van der Waals surface area contributed by atoms with E-state index in [1.807, 2.05) is 19.2 Å². The van der Waals surface area contributed by atoms with Gasteiger partial charge >= 0.3 is 0 Å². The summed E-state index contributed by atoms with van der Waals surface area (Å²) in [5.41, 5.74) is 0. The topological polar surface area (TPSA) is 67.3 Å². The molecule has 0 amide bonds. The minimum Gasteiger partial charge on any atom is -0.459 e. The number of hydrogen-bond donors (Lipinski definition) is 1. The van der Waals surface area contributed by atoms with Gasteiger partial charge in [-0.3, -0.25) is 4.90 Å². The zero-order chi connectivity index (χ0) is 13.8. The molecule has 3 rings (SSSR count). The van der Waals surface area contributed by atoms with Crippen molar-refractivity contribution in [2.75, 3.05) is 20.1 Å². The zero-order valence-electron chi connectivity index (χ0n) is 11.7. The molecule has 6 nitrogen and oxygen atoms in total. The maximum absolute atomic E-state index is 5.68. The summed E-state index contributed by atoms with van der Waals surface area (Å²) in [4.78, 5) is 2.42. The van der Waals surface area contributed by atoms with Gasteiger partial charge in [-0.1, -0.05) is 6.42 Å². The Labute approximate surface area is 118 Å². The quantitative estimate of drug-likeness (QED) is 0.899. The number of nitrogens with zero attached hydrogens (tertiary/aromatic N) is 3. The van der Waals surface area contributed by atoms with Crippen molar-refractivity contribution in [3.63, 3.8) is 0 Å². The molecule has 6 heteroatoms. The molecule has 1 N–H and O–H groups in total. The number of likely N-dealkylation sites (tertiary alicyclic amines) is 1. The van der Waals surface area contributed by atoms with Crippen LogP contribution < -0.4 is 5.32 Å². The molecule has 0 bridgehead atoms. The Balaban J connectivity index is 1.67. The van der Waals surface area contributed by atoms with Crippen molar-refractivity contribution in [2.24, 2.45) is 0 Å². The average Bonchev–Trinajstić information content (AvgIpc) is 3.12. The van der Waals surface area contributed by atoms with Gasteiger partial charge in [0.15, 0.2) is 5.76 Å². The van der Waals surface area contributed by atoms with E-state index in [4.69, 9.17) is 8.83 Å². The molecule has 3 heterocycles. The van der Waals surface area contributed by atoms with Gasteiger partial charge in [0.05, 0.1) is 12.8 Å². The Kier molecular flexibility index (Phi) is 4.13. The summed E-state index contributed by atoms with van der Waals surface area (Å²) in [5.74, 6) is 1.72. The number of aromatic nitrogens is 2. The summed E-state index contributed by atoms with van der Waals surface area (Å²) < 4.78 is 10.9. The first-order valence-electron chi connectivity index (χ1n) is 7.11. The van der Waals surface area contributed by atoms with Crippen LogP contribution in [0, 0.1) is 0 Å². The molecule has 1 aliphatic rings. The van der Waals surface area contributed by atoms with Crippen molar-refractivity contribution in [3.8, 4) is 11.7 Å². The normalized spacial score (nSPS) is 20.4. The fourth-order valence-corrected chi connectivity index (χ4v) is 2.73. The highest BCUT2D eigenvalue weighted by molar-refractivity contribution is 5.42. The number of rotatable bonds is 5. The van der Waals surface area contributed by atoms with Gasteiger partial charge in [-0.05, 0) is 38.6 Å². The largest absolute Gasteiger partial charge is 0.459 e. The van der Waals surface area contributed by atoms with Crippen LogP contribution in [0.25, 0.3) is 11.7 Å². The van der Waals surface area contributed by atoms with Gasteiger partial charge in [0, 0.05) is 12.6 Å². The second kappa shape index (κ2) is 6.19. The summed E-state index contributed by atoms with van der Waals surface area (Å²) in [5, 5.41) is 11.4. The predicted octanol–water partition coefficient (Wildman–Crippen LogP) is 1.90. The fraction of sp³-hybridized carbons (Fsp3) is 0.571. The first-order chi connectivity index (χ1) is 9.86. The number of likely N-dealkylation sites (N-methyl/N-ethyl adjacent to an activating group) is 1. The molecule has 0 aliphatic carbocycles. The second-order valence-electron chi connectivity index (χ2n) is 5.16. The third-order valence-corrected chi connectivity index (χ3v) is 3.73. The van der Waals surface area contributed by atoms with Crippen LogP contribution in [0.1, 0.15) is 25.2 Å². The molecule has 1 atom stereocenters. The molecule has 1 unspecified atom stereocenters. The fourth-order valence-electron chi connectivity index (χ4n) is 2.73. The Morgan fingerprint density at radius 1 is 1.40 bits per heavy atom. The van der Waals surface area contributed by atoms with E-state index in [1.54, 1.807) is 6.26 Å². The second-order valence-corrected chi connectivity index (χ2v) is 5.16. The van der Waals surface area contributed by atoms with Gasteiger partial charge in [-0.25, -0.2) is 0 Å². The van der Waals surface area contributed by atoms with E-state index in [0.717, 1.165) is 13.1 Å². The molecule has 1 saturated heterocycles. The van der Waals surface area contributed by atoms with Gasteiger partial charge in [-0.2, -0.15) is 0 Å². The van der Waals surface area contributed by atoms with Crippen LogP contribution in [-0.2, 0) is 6.54 Å². The molecule has 1 aliphatic heterocycles. The summed E-state index contributed by atoms with van der Waals surface area (Å²) in [6, 6.07) is 4.18. The Hall–Kier alpha value is -1.66. The standard InChI is InChI=1S/C14H20N4O2/c1-15-9-11-5-2-3-7-18(11)10-13-16-17-14(20-13)12-6-4-8-19-12/h4,6,8,11,15H,2-3,5,7,9-10H2,1H3. The van der Waals surface area contributed by atoms with Crippen molar-refractivity contribution in [3.05, 3.63) is 24.3 Å². The third kappa shape index (κ3) is 2.91. The summed E-state index contributed by atoms with van der Waals surface area (Å²) in [6.07, 6.45) is 5.36. The number of hydrogen-bond acceptors (Lipinski definition) is 6. The summed E-state index contributed by atoms with van der Waals surface area (Å²) >= 11 is 0. The maximum atomic E-state index is 5.68. The van der Waals surface area contributed by atoms with Crippen LogP contribution in [0.4, 0.5) is 0 Å². The van der Waals surface area contributed by atoms with Crippen LogP contribution in [-0.4, -0.2) is 41.3 Å².